The molecule has 0 unspecified atom stereocenters. The Hall–Kier alpha value is -3.80. The van der Waals surface area contributed by atoms with Crippen LogP contribution in [-0.2, 0) is 6.54 Å². The third-order valence-electron chi connectivity index (χ3n) is 3.52. The first-order valence-corrected chi connectivity index (χ1v) is 8.02. The van der Waals surface area contributed by atoms with Crippen LogP contribution in [-0.4, -0.2) is 35.8 Å². The zero-order valence-corrected chi connectivity index (χ0v) is 14.4. The van der Waals surface area contributed by atoms with Crippen LogP contribution in [0.4, 0.5) is 5.69 Å². The van der Waals surface area contributed by atoms with E-state index in [2.05, 4.69) is 20.4 Å². The quantitative estimate of drug-likeness (QED) is 0.233. The van der Waals surface area contributed by atoms with Gasteiger partial charge in [0.1, 0.15) is 23.9 Å². The summed E-state index contributed by atoms with van der Waals surface area (Å²) in [5.74, 6) is 1.98. The van der Waals surface area contributed by atoms with Gasteiger partial charge >= 0.3 is 5.69 Å². The number of aromatic amines is 1. The van der Waals surface area contributed by atoms with Crippen molar-refractivity contribution in [2.45, 2.75) is 6.54 Å². The predicted octanol–water partition coefficient (Wildman–Crippen LogP) is 2.83. The second-order valence-corrected chi connectivity index (χ2v) is 5.73. The van der Waals surface area contributed by atoms with Crippen LogP contribution in [0.25, 0.3) is 11.6 Å². The molecule has 0 fully saturated rings. The maximum Gasteiger partial charge on any atom is 0.307 e. The molecule has 4 heterocycles. The summed E-state index contributed by atoms with van der Waals surface area (Å²) in [6.07, 6.45) is 5.52. The third kappa shape index (κ3) is 3.46. The molecule has 0 saturated carbocycles. The van der Waals surface area contributed by atoms with E-state index in [1.807, 2.05) is 0 Å². The Morgan fingerprint density at radius 1 is 1.41 bits per heavy atom. The molecule has 12 heteroatoms. The van der Waals surface area contributed by atoms with E-state index >= 15 is 0 Å². The van der Waals surface area contributed by atoms with E-state index < -0.39 is 4.92 Å². The van der Waals surface area contributed by atoms with Crippen LogP contribution >= 0.6 is 12.2 Å². The van der Waals surface area contributed by atoms with Crippen LogP contribution < -0.4 is 0 Å². The lowest BCUT2D eigenvalue weighted by atomic mass is 10.4. The predicted molar refractivity (Wildman–Crippen MR) is 94.8 cm³/mol. The van der Waals surface area contributed by atoms with Crippen LogP contribution in [0, 0.1) is 14.9 Å². The van der Waals surface area contributed by atoms with Gasteiger partial charge in [0, 0.05) is 0 Å². The highest BCUT2D eigenvalue weighted by Gasteiger charge is 2.12. The Morgan fingerprint density at radius 2 is 2.30 bits per heavy atom. The topological polar surface area (TPSA) is 133 Å². The molecule has 4 rings (SSSR count). The van der Waals surface area contributed by atoms with E-state index in [1.54, 1.807) is 24.3 Å². The molecule has 0 aliphatic carbocycles. The molecule has 0 aliphatic rings. The number of hydrogen-bond acceptors (Lipinski definition) is 8. The first-order valence-electron chi connectivity index (χ1n) is 7.61. The fourth-order valence-corrected chi connectivity index (χ4v) is 2.50. The normalized spacial score (nSPS) is 11.4. The van der Waals surface area contributed by atoms with Gasteiger partial charge in [-0.15, -0.1) is 5.10 Å². The minimum absolute atomic E-state index is 0.0804. The number of aromatic nitrogens is 5. The zero-order valence-electron chi connectivity index (χ0n) is 13.6. The number of rotatable bonds is 6. The van der Waals surface area contributed by atoms with Crippen molar-refractivity contribution < 1.29 is 13.8 Å². The van der Waals surface area contributed by atoms with Gasteiger partial charge in [0.15, 0.2) is 5.76 Å². The number of nitrogens with zero attached hydrogens (tertiary/aromatic N) is 6. The highest BCUT2D eigenvalue weighted by Crippen LogP contribution is 2.17. The van der Waals surface area contributed by atoms with Crippen LogP contribution in [0.5, 0.6) is 0 Å². The van der Waals surface area contributed by atoms with E-state index in [4.69, 9.17) is 21.1 Å². The second-order valence-electron chi connectivity index (χ2n) is 5.34. The van der Waals surface area contributed by atoms with Gasteiger partial charge in [0.25, 0.3) is 0 Å². The molecule has 136 valence electrons. The minimum Gasteiger partial charge on any atom is -0.461 e. The zero-order chi connectivity index (χ0) is 18.8. The van der Waals surface area contributed by atoms with Gasteiger partial charge in [0.2, 0.25) is 10.6 Å². The molecule has 0 radical (unpaired) electrons. The van der Waals surface area contributed by atoms with Crippen molar-refractivity contribution in [2.24, 2.45) is 5.10 Å². The van der Waals surface area contributed by atoms with E-state index in [1.165, 1.54) is 34.2 Å². The summed E-state index contributed by atoms with van der Waals surface area (Å²) < 4.78 is 14.1. The summed E-state index contributed by atoms with van der Waals surface area (Å²) in [7, 11) is 0. The molecule has 0 saturated heterocycles. The lowest BCUT2D eigenvalue weighted by Gasteiger charge is -1.97. The molecule has 0 aromatic carbocycles. The average Bonchev–Trinajstić information content (AvgIpc) is 3.41. The maximum atomic E-state index is 10.7. The summed E-state index contributed by atoms with van der Waals surface area (Å²) in [5, 5.41) is 25.6. The lowest BCUT2D eigenvalue weighted by Crippen LogP contribution is -1.98. The van der Waals surface area contributed by atoms with Crippen LogP contribution in [0.2, 0.25) is 0 Å². The fourth-order valence-electron chi connectivity index (χ4n) is 2.32. The van der Waals surface area contributed by atoms with Crippen molar-refractivity contribution in [3.63, 3.8) is 0 Å². The molecule has 1 N–H and O–H groups in total. The second kappa shape index (κ2) is 6.84. The molecule has 0 amide bonds. The van der Waals surface area contributed by atoms with Crippen molar-refractivity contribution in [3.05, 3.63) is 69.3 Å². The number of H-pyrrole nitrogens is 1. The van der Waals surface area contributed by atoms with Crippen molar-refractivity contribution in [1.82, 2.24) is 24.7 Å². The number of furan rings is 2. The number of hydrogen-bond donors (Lipinski definition) is 1. The van der Waals surface area contributed by atoms with E-state index in [-0.39, 0.29) is 12.2 Å². The van der Waals surface area contributed by atoms with Gasteiger partial charge in [-0.25, -0.2) is 5.10 Å². The van der Waals surface area contributed by atoms with Crippen LogP contribution in [0.3, 0.4) is 0 Å². The number of nitrogens with one attached hydrogen (secondary N) is 1. The molecule has 0 aliphatic heterocycles. The molecule has 4 aromatic heterocycles. The maximum absolute atomic E-state index is 10.7. The summed E-state index contributed by atoms with van der Waals surface area (Å²) in [5.41, 5.74) is -0.0804. The third-order valence-corrected chi connectivity index (χ3v) is 3.79. The van der Waals surface area contributed by atoms with Gasteiger partial charge < -0.3 is 8.83 Å². The summed E-state index contributed by atoms with van der Waals surface area (Å²) in [4.78, 5) is 10.2. The fraction of sp³-hybridized carbons (Fsp3) is 0.0667. The molecule has 0 bridgehead atoms. The van der Waals surface area contributed by atoms with E-state index in [0.717, 1.165) is 0 Å². The molecular weight excluding hydrogens is 374 g/mol. The van der Waals surface area contributed by atoms with Crippen molar-refractivity contribution in [3.8, 4) is 11.6 Å². The molecule has 0 spiro atoms. The Morgan fingerprint density at radius 3 is 3.04 bits per heavy atom. The molecule has 27 heavy (non-hydrogen) atoms. The summed E-state index contributed by atoms with van der Waals surface area (Å²) in [6.45, 7) is 0.254. The van der Waals surface area contributed by atoms with E-state index in [0.29, 0.717) is 27.9 Å². The standard InChI is InChI=1S/C15H11N7O4S/c23-22(24)10-6-16-20(8-10)9-12-4-3-11(26-12)7-17-21-14(18-19-15(21)27)13-2-1-5-25-13/h1-8H,9H2,(H,19,27)/b17-7-. The molecular formula is C15H11N7O4S. The molecule has 4 aromatic rings. The highest BCUT2D eigenvalue weighted by molar-refractivity contribution is 7.71. The first kappa shape index (κ1) is 16.7. The Labute approximate surface area is 155 Å². The lowest BCUT2D eigenvalue weighted by molar-refractivity contribution is -0.385. The first-order chi connectivity index (χ1) is 13.1. The molecule has 11 nitrogen and oxygen atoms in total. The van der Waals surface area contributed by atoms with Gasteiger partial charge in [-0.3, -0.25) is 14.8 Å². The van der Waals surface area contributed by atoms with Crippen molar-refractivity contribution >= 4 is 24.1 Å². The largest absolute Gasteiger partial charge is 0.461 e. The Kier molecular flexibility index (Phi) is 4.22. The Bertz CT molecular complexity index is 1170. The number of nitro groups is 1. The Balaban J connectivity index is 1.52. The van der Waals surface area contributed by atoms with Crippen LogP contribution in [0.15, 0.2) is 56.9 Å². The van der Waals surface area contributed by atoms with Crippen molar-refractivity contribution in [2.75, 3.05) is 0 Å². The molecule has 0 atom stereocenters. The van der Waals surface area contributed by atoms with Gasteiger partial charge in [-0.2, -0.15) is 14.9 Å². The van der Waals surface area contributed by atoms with Gasteiger partial charge in [-0.1, -0.05) is 0 Å². The monoisotopic (exact) mass is 385 g/mol. The van der Waals surface area contributed by atoms with Gasteiger partial charge in [-0.05, 0) is 36.5 Å². The van der Waals surface area contributed by atoms with Crippen LogP contribution in [0.1, 0.15) is 11.5 Å². The van der Waals surface area contributed by atoms with Crippen molar-refractivity contribution in [1.29, 1.82) is 0 Å². The van der Waals surface area contributed by atoms with Gasteiger partial charge in [0.05, 0.1) is 23.9 Å². The smallest absolute Gasteiger partial charge is 0.307 e. The summed E-state index contributed by atoms with van der Waals surface area (Å²) in [6, 6.07) is 6.93. The SMILES string of the molecule is O=[N+]([O-])c1cnn(Cc2ccc(/C=N\n3c(-c4ccco4)n[nH]c3=S)o2)c1. The van der Waals surface area contributed by atoms with E-state index in [9.17, 15) is 10.1 Å². The summed E-state index contributed by atoms with van der Waals surface area (Å²) >= 11 is 5.17. The highest BCUT2D eigenvalue weighted by atomic mass is 32.1. The average molecular weight is 385 g/mol. The minimum atomic E-state index is -0.505.